The highest BCUT2D eigenvalue weighted by Crippen LogP contribution is 2.40. The molecule has 3 aromatic rings. The minimum absolute atomic E-state index is 0.419. The van der Waals surface area contributed by atoms with Gasteiger partial charge in [0.15, 0.2) is 0 Å². The predicted octanol–water partition coefficient (Wildman–Crippen LogP) is 6.55. The maximum Gasteiger partial charge on any atom is 0.414 e. The van der Waals surface area contributed by atoms with E-state index in [1.165, 1.54) is 4.90 Å². The lowest BCUT2D eigenvalue weighted by atomic mass is 10.1. The van der Waals surface area contributed by atoms with Crippen LogP contribution in [0.15, 0.2) is 65.1 Å². The van der Waals surface area contributed by atoms with Crippen LogP contribution in [0.3, 0.4) is 0 Å². The van der Waals surface area contributed by atoms with Crippen molar-refractivity contribution in [3.8, 4) is 5.75 Å². The zero-order valence-corrected chi connectivity index (χ0v) is 18.1. The molecule has 0 fully saturated rings. The average molecular weight is 442 g/mol. The molecule has 28 heavy (non-hydrogen) atoms. The maximum absolute atomic E-state index is 12.6. The smallest absolute Gasteiger partial charge is 0.414 e. The van der Waals surface area contributed by atoms with E-state index in [-0.39, 0.29) is 0 Å². The fraction of sp³-hybridized carbons (Fsp3) is 0.261. The van der Waals surface area contributed by atoms with Gasteiger partial charge in [0.1, 0.15) is 18.0 Å². The van der Waals surface area contributed by atoms with E-state index >= 15 is 0 Å². The SMILES string of the molecule is CN(C(=O)OC(C)(C)C)c1cc(OCc2ccccc2)c2ccccc2c1Br. The molecule has 5 heteroatoms. The second-order valence-corrected chi connectivity index (χ2v) is 8.36. The van der Waals surface area contributed by atoms with Gasteiger partial charge < -0.3 is 9.47 Å². The third-order valence-electron chi connectivity index (χ3n) is 4.19. The largest absolute Gasteiger partial charge is 0.488 e. The van der Waals surface area contributed by atoms with Gasteiger partial charge in [-0.15, -0.1) is 0 Å². The van der Waals surface area contributed by atoms with Crippen molar-refractivity contribution in [1.29, 1.82) is 0 Å². The highest BCUT2D eigenvalue weighted by molar-refractivity contribution is 9.10. The Balaban J connectivity index is 1.99. The van der Waals surface area contributed by atoms with Crippen LogP contribution < -0.4 is 9.64 Å². The normalized spacial score (nSPS) is 11.3. The summed E-state index contributed by atoms with van der Waals surface area (Å²) < 4.78 is 12.5. The lowest BCUT2D eigenvalue weighted by molar-refractivity contribution is 0.0589. The molecular formula is C23H24BrNO3. The predicted molar refractivity (Wildman–Crippen MR) is 117 cm³/mol. The van der Waals surface area contributed by atoms with Crippen LogP contribution in [-0.2, 0) is 11.3 Å². The second kappa shape index (κ2) is 8.23. The van der Waals surface area contributed by atoms with Crippen molar-refractivity contribution in [1.82, 2.24) is 0 Å². The topological polar surface area (TPSA) is 38.8 Å². The van der Waals surface area contributed by atoms with E-state index in [2.05, 4.69) is 15.9 Å². The first-order valence-corrected chi connectivity index (χ1v) is 9.90. The molecule has 1 amide bonds. The van der Waals surface area contributed by atoms with Gasteiger partial charge in [0, 0.05) is 28.4 Å². The number of carbonyl (C=O) groups is 1. The summed E-state index contributed by atoms with van der Waals surface area (Å²) in [5, 5.41) is 1.95. The van der Waals surface area contributed by atoms with Crippen LogP contribution in [0.1, 0.15) is 26.3 Å². The molecule has 146 valence electrons. The number of rotatable bonds is 4. The Morgan fingerprint density at radius 3 is 2.25 bits per heavy atom. The molecule has 4 nitrogen and oxygen atoms in total. The van der Waals surface area contributed by atoms with E-state index in [1.54, 1.807) is 7.05 Å². The van der Waals surface area contributed by atoms with Gasteiger partial charge >= 0.3 is 6.09 Å². The highest BCUT2D eigenvalue weighted by Gasteiger charge is 2.23. The van der Waals surface area contributed by atoms with Crippen molar-refractivity contribution in [2.45, 2.75) is 33.0 Å². The molecule has 0 saturated heterocycles. The van der Waals surface area contributed by atoms with Crippen molar-refractivity contribution in [3.63, 3.8) is 0 Å². The minimum Gasteiger partial charge on any atom is -0.488 e. The summed E-state index contributed by atoms with van der Waals surface area (Å²) in [6.45, 7) is 6.00. The molecule has 3 rings (SSSR count). The lowest BCUT2D eigenvalue weighted by Crippen LogP contribution is -2.34. The van der Waals surface area contributed by atoms with Crippen molar-refractivity contribution in [2.75, 3.05) is 11.9 Å². The molecule has 0 atom stereocenters. The van der Waals surface area contributed by atoms with Gasteiger partial charge in [-0.3, -0.25) is 4.90 Å². The van der Waals surface area contributed by atoms with Crippen LogP contribution >= 0.6 is 15.9 Å². The Labute approximate surface area is 174 Å². The molecule has 0 aliphatic rings. The van der Waals surface area contributed by atoms with E-state index in [0.717, 1.165) is 20.8 Å². The zero-order valence-electron chi connectivity index (χ0n) is 16.5. The standard InChI is InChI=1S/C23H24BrNO3/c1-23(2,3)28-22(26)25(4)19-14-20(27-15-16-10-6-5-7-11-16)17-12-8-9-13-18(17)21(19)24/h5-14H,15H2,1-4H3. The Kier molecular flexibility index (Phi) is 5.94. The van der Waals surface area contributed by atoms with Gasteiger partial charge in [-0.25, -0.2) is 4.79 Å². The van der Waals surface area contributed by atoms with Gasteiger partial charge in [-0.1, -0.05) is 54.6 Å². The number of halogens is 1. The van der Waals surface area contributed by atoms with E-state index in [4.69, 9.17) is 9.47 Å². The van der Waals surface area contributed by atoms with Gasteiger partial charge in [-0.2, -0.15) is 0 Å². The van der Waals surface area contributed by atoms with Crippen LogP contribution in [0, 0.1) is 0 Å². The Hall–Kier alpha value is -2.53. The van der Waals surface area contributed by atoms with E-state index in [0.29, 0.717) is 18.0 Å². The molecule has 0 heterocycles. The van der Waals surface area contributed by atoms with Crippen LogP contribution in [0.4, 0.5) is 10.5 Å². The van der Waals surface area contributed by atoms with Crippen LogP contribution in [0.5, 0.6) is 5.75 Å². The Morgan fingerprint density at radius 2 is 1.61 bits per heavy atom. The number of hydrogen-bond acceptors (Lipinski definition) is 3. The van der Waals surface area contributed by atoms with Crippen molar-refractivity contribution < 1.29 is 14.3 Å². The summed E-state index contributed by atoms with van der Waals surface area (Å²) in [6, 6.07) is 19.8. The summed E-state index contributed by atoms with van der Waals surface area (Å²) >= 11 is 3.66. The molecule has 0 unspecified atom stereocenters. The van der Waals surface area contributed by atoms with Gasteiger partial charge in [0.05, 0.1) is 5.69 Å². The number of benzene rings is 3. The average Bonchev–Trinajstić information content (AvgIpc) is 2.66. The number of ether oxygens (including phenoxy) is 2. The third-order valence-corrected chi connectivity index (χ3v) is 5.02. The molecule has 0 N–H and O–H groups in total. The first kappa shape index (κ1) is 20.2. The summed E-state index contributed by atoms with van der Waals surface area (Å²) in [7, 11) is 1.70. The molecule has 0 aromatic heterocycles. The van der Waals surface area contributed by atoms with E-state index in [9.17, 15) is 4.79 Å². The number of amides is 1. The Morgan fingerprint density at radius 1 is 1.00 bits per heavy atom. The second-order valence-electron chi connectivity index (χ2n) is 7.57. The molecule has 0 saturated carbocycles. The third kappa shape index (κ3) is 4.65. The zero-order chi connectivity index (χ0) is 20.3. The van der Waals surface area contributed by atoms with Crippen molar-refractivity contribution in [2.24, 2.45) is 0 Å². The molecule has 0 spiro atoms. The first-order chi connectivity index (χ1) is 13.3. The number of anilines is 1. The minimum atomic E-state index is -0.568. The summed E-state index contributed by atoms with van der Waals surface area (Å²) in [5.74, 6) is 0.716. The van der Waals surface area contributed by atoms with Crippen LogP contribution in [-0.4, -0.2) is 18.7 Å². The summed E-state index contributed by atoms with van der Waals surface area (Å²) in [4.78, 5) is 14.1. The number of nitrogens with zero attached hydrogens (tertiary/aromatic N) is 1. The molecule has 0 bridgehead atoms. The number of hydrogen-bond donors (Lipinski definition) is 0. The van der Waals surface area contributed by atoms with Crippen molar-refractivity contribution >= 4 is 38.5 Å². The monoisotopic (exact) mass is 441 g/mol. The lowest BCUT2D eigenvalue weighted by Gasteiger charge is -2.26. The van der Waals surface area contributed by atoms with Crippen LogP contribution in [0.25, 0.3) is 10.8 Å². The van der Waals surface area contributed by atoms with Gasteiger partial charge in [-0.05, 0) is 42.3 Å². The quantitative estimate of drug-likeness (QED) is 0.460. The number of fused-ring (bicyclic) bond motifs is 1. The van der Waals surface area contributed by atoms with Gasteiger partial charge in [0.2, 0.25) is 0 Å². The maximum atomic E-state index is 12.6. The van der Waals surface area contributed by atoms with Crippen LogP contribution in [0.2, 0.25) is 0 Å². The van der Waals surface area contributed by atoms with Crippen molar-refractivity contribution in [3.05, 3.63) is 70.7 Å². The molecule has 3 aromatic carbocycles. The fourth-order valence-electron chi connectivity index (χ4n) is 2.82. The molecule has 0 aliphatic carbocycles. The van der Waals surface area contributed by atoms with E-state index in [1.807, 2.05) is 81.4 Å². The highest BCUT2D eigenvalue weighted by atomic mass is 79.9. The summed E-state index contributed by atoms with van der Waals surface area (Å²) in [6.07, 6.45) is -0.419. The molecule has 0 radical (unpaired) electrons. The number of carbonyl (C=O) groups excluding carboxylic acids is 1. The fourth-order valence-corrected chi connectivity index (χ4v) is 3.55. The first-order valence-electron chi connectivity index (χ1n) is 9.11. The molecular weight excluding hydrogens is 418 g/mol. The molecule has 0 aliphatic heterocycles. The van der Waals surface area contributed by atoms with E-state index < -0.39 is 11.7 Å². The van der Waals surface area contributed by atoms with Gasteiger partial charge in [0.25, 0.3) is 0 Å². The summed E-state index contributed by atoms with van der Waals surface area (Å²) in [5.41, 5.74) is 1.20. The Bertz CT molecular complexity index is 980.